The largest absolute Gasteiger partial charge is 0.468 e. The molecule has 0 radical (unpaired) electrons. The highest BCUT2D eigenvalue weighted by molar-refractivity contribution is 14.0. The maximum Gasteiger partial charge on any atom is 0.191 e. The molecule has 0 amide bonds. The second-order valence-corrected chi connectivity index (χ2v) is 8.52. The SMILES string of the molecule is Cc1nnc(CN=C(NCC(c2ccco2)N2CCCC2)NC2CCCCC2)n1C.I. The first-order valence-corrected chi connectivity index (χ1v) is 11.4. The molecule has 8 nitrogen and oxygen atoms in total. The number of halogens is 1. The van der Waals surface area contributed by atoms with Crippen molar-refractivity contribution in [2.45, 2.75) is 70.5 Å². The summed E-state index contributed by atoms with van der Waals surface area (Å²) >= 11 is 0. The predicted octanol–water partition coefficient (Wildman–Crippen LogP) is 3.54. The van der Waals surface area contributed by atoms with Gasteiger partial charge in [0, 0.05) is 19.6 Å². The van der Waals surface area contributed by atoms with Gasteiger partial charge in [0.1, 0.15) is 18.1 Å². The van der Waals surface area contributed by atoms with Crippen LogP contribution in [0.1, 0.15) is 68.4 Å². The summed E-state index contributed by atoms with van der Waals surface area (Å²) in [6, 6.07) is 4.76. The van der Waals surface area contributed by atoms with Gasteiger partial charge in [0.15, 0.2) is 11.8 Å². The first-order valence-electron chi connectivity index (χ1n) is 11.4. The number of guanidine groups is 1. The highest BCUT2D eigenvalue weighted by Crippen LogP contribution is 2.25. The maximum absolute atomic E-state index is 5.77. The van der Waals surface area contributed by atoms with E-state index in [0.29, 0.717) is 12.6 Å². The van der Waals surface area contributed by atoms with Crippen molar-refractivity contribution >= 4 is 29.9 Å². The average Bonchev–Trinajstić information content (AvgIpc) is 3.53. The van der Waals surface area contributed by atoms with Crippen LogP contribution in [0.15, 0.2) is 27.8 Å². The molecule has 2 fully saturated rings. The minimum absolute atomic E-state index is 0. The van der Waals surface area contributed by atoms with Gasteiger partial charge in [0.2, 0.25) is 0 Å². The van der Waals surface area contributed by atoms with E-state index in [-0.39, 0.29) is 30.0 Å². The number of likely N-dealkylation sites (tertiary alicyclic amines) is 1. The molecule has 1 saturated heterocycles. The van der Waals surface area contributed by atoms with Crippen LogP contribution in [0.3, 0.4) is 0 Å². The van der Waals surface area contributed by atoms with Crippen molar-refractivity contribution in [3.05, 3.63) is 35.8 Å². The second-order valence-electron chi connectivity index (χ2n) is 8.52. The number of hydrogen-bond donors (Lipinski definition) is 2. The van der Waals surface area contributed by atoms with Gasteiger partial charge >= 0.3 is 0 Å². The zero-order valence-electron chi connectivity index (χ0n) is 18.7. The van der Waals surface area contributed by atoms with Crippen molar-refractivity contribution in [3.8, 4) is 0 Å². The summed E-state index contributed by atoms with van der Waals surface area (Å²) < 4.78 is 7.77. The Labute approximate surface area is 202 Å². The lowest BCUT2D eigenvalue weighted by molar-refractivity contribution is 0.215. The van der Waals surface area contributed by atoms with Crippen LogP contribution >= 0.6 is 24.0 Å². The molecule has 4 rings (SSSR count). The lowest BCUT2D eigenvalue weighted by atomic mass is 9.96. The molecular formula is C22H36IN7O. The topological polar surface area (TPSA) is 83.5 Å². The van der Waals surface area contributed by atoms with Gasteiger partial charge in [-0.05, 0) is 57.8 Å². The highest BCUT2D eigenvalue weighted by atomic mass is 127. The Kier molecular flexibility index (Phi) is 9.18. The maximum atomic E-state index is 5.77. The molecule has 0 spiro atoms. The van der Waals surface area contributed by atoms with E-state index in [1.165, 1.54) is 44.9 Å². The molecule has 172 valence electrons. The zero-order chi connectivity index (χ0) is 20.8. The number of aryl methyl sites for hydroxylation is 1. The van der Waals surface area contributed by atoms with Gasteiger partial charge in [0.05, 0.1) is 12.3 Å². The Morgan fingerprint density at radius 1 is 1.19 bits per heavy atom. The van der Waals surface area contributed by atoms with Crippen LogP contribution in [0, 0.1) is 6.92 Å². The van der Waals surface area contributed by atoms with E-state index in [4.69, 9.17) is 9.41 Å². The predicted molar refractivity (Wildman–Crippen MR) is 133 cm³/mol. The van der Waals surface area contributed by atoms with Gasteiger partial charge in [-0.3, -0.25) is 4.90 Å². The van der Waals surface area contributed by atoms with Crippen LogP contribution in [0.5, 0.6) is 0 Å². The van der Waals surface area contributed by atoms with Crippen LogP contribution in [-0.2, 0) is 13.6 Å². The molecule has 2 aromatic heterocycles. The molecule has 1 atom stereocenters. The van der Waals surface area contributed by atoms with Crippen molar-refractivity contribution < 1.29 is 4.42 Å². The molecule has 1 unspecified atom stereocenters. The summed E-state index contributed by atoms with van der Waals surface area (Å²) in [6.45, 7) is 5.48. The van der Waals surface area contributed by atoms with E-state index in [9.17, 15) is 0 Å². The third-order valence-electron chi connectivity index (χ3n) is 6.42. The number of hydrogen-bond acceptors (Lipinski definition) is 5. The third kappa shape index (κ3) is 6.44. The fourth-order valence-corrected chi connectivity index (χ4v) is 4.47. The molecule has 3 heterocycles. The van der Waals surface area contributed by atoms with Crippen molar-refractivity contribution in [1.82, 2.24) is 30.3 Å². The van der Waals surface area contributed by atoms with E-state index in [1.54, 1.807) is 6.26 Å². The van der Waals surface area contributed by atoms with E-state index < -0.39 is 0 Å². The summed E-state index contributed by atoms with van der Waals surface area (Å²) in [6.07, 6.45) is 10.6. The van der Waals surface area contributed by atoms with Crippen molar-refractivity contribution in [2.24, 2.45) is 12.0 Å². The minimum atomic E-state index is 0. The molecule has 2 N–H and O–H groups in total. The number of furan rings is 1. The highest BCUT2D eigenvalue weighted by Gasteiger charge is 2.26. The molecule has 2 aromatic rings. The summed E-state index contributed by atoms with van der Waals surface area (Å²) in [5, 5.41) is 15.7. The van der Waals surface area contributed by atoms with E-state index in [0.717, 1.165) is 43.0 Å². The molecular weight excluding hydrogens is 505 g/mol. The summed E-state index contributed by atoms with van der Waals surface area (Å²) in [4.78, 5) is 7.37. The number of aliphatic imine (C=N–C) groups is 1. The minimum Gasteiger partial charge on any atom is -0.468 e. The standard InChI is InChI=1S/C22H35N7O.HI/c1-17-26-27-21(28(17)2)16-24-22(25-18-9-4-3-5-10-18)23-15-19(20-11-8-14-30-20)29-12-6-7-13-29;/h8,11,14,18-19H,3-7,9-10,12-13,15-16H2,1-2H3,(H2,23,24,25);1H. The van der Waals surface area contributed by atoms with Crippen LogP contribution in [0.2, 0.25) is 0 Å². The molecule has 1 saturated carbocycles. The van der Waals surface area contributed by atoms with Crippen LogP contribution < -0.4 is 10.6 Å². The molecule has 0 aromatic carbocycles. The smallest absolute Gasteiger partial charge is 0.191 e. The Balaban J connectivity index is 0.00000272. The van der Waals surface area contributed by atoms with Crippen LogP contribution in [0.4, 0.5) is 0 Å². The van der Waals surface area contributed by atoms with E-state index in [1.807, 2.05) is 24.6 Å². The van der Waals surface area contributed by atoms with Crippen molar-refractivity contribution in [1.29, 1.82) is 0 Å². The van der Waals surface area contributed by atoms with Gasteiger partial charge in [-0.1, -0.05) is 19.3 Å². The molecule has 31 heavy (non-hydrogen) atoms. The molecule has 0 bridgehead atoms. The molecule has 1 aliphatic carbocycles. The lowest BCUT2D eigenvalue weighted by Gasteiger charge is -2.29. The van der Waals surface area contributed by atoms with Crippen LogP contribution in [-0.4, -0.2) is 51.3 Å². The van der Waals surface area contributed by atoms with E-state index >= 15 is 0 Å². The van der Waals surface area contributed by atoms with E-state index in [2.05, 4.69) is 31.8 Å². The summed E-state index contributed by atoms with van der Waals surface area (Å²) in [5.41, 5.74) is 0. The lowest BCUT2D eigenvalue weighted by Crippen LogP contribution is -2.47. The first kappa shape index (κ1) is 24.0. The average molecular weight is 541 g/mol. The zero-order valence-corrected chi connectivity index (χ0v) is 21.0. The second kappa shape index (κ2) is 11.8. The quantitative estimate of drug-likeness (QED) is 0.317. The Hall–Kier alpha value is -1.62. The molecule has 2 aliphatic rings. The van der Waals surface area contributed by atoms with Crippen molar-refractivity contribution in [3.63, 3.8) is 0 Å². The number of rotatable bonds is 7. The monoisotopic (exact) mass is 541 g/mol. The number of nitrogens with one attached hydrogen (secondary N) is 2. The fourth-order valence-electron chi connectivity index (χ4n) is 4.47. The van der Waals surface area contributed by atoms with Crippen LogP contribution in [0.25, 0.3) is 0 Å². The number of nitrogens with zero attached hydrogens (tertiary/aromatic N) is 5. The Morgan fingerprint density at radius 2 is 1.97 bits per heavy atom. The van der Waals surface area contributed by atoms with Gasteiger partial charge in [0.25, 0.3) is 0 Å². The summed E-state index contributed by atoms with van der Waals surface area (Å²) in [7, 11) is 1.99. The number of aromatic nitrogens is 3. The Bertz CT molecular complexity index is 808. The Morgan fingerprint density at radius 3 is 2.61 bits per heavy atom. The fraction of sp³-hybridized carbons (Fsp3) is 0.682. The van der Waals surface area contributed by atoms with Crippen molar-refractivity contribution in [2.75, 3.05) is 19.6 Å². The first-order chi connectivity index (χ1) is 14.7. The van der Waals surface area contributed by atoms with Gasteiger partial charge in [-0.15, -0.1) is 34.2 Å². The molecule has 1 aliphatic heterocycles. The normalized spacial score (nSPS) is 19.2. The summed E-state index contributed by atoms with van der Waals surface area (Å²) in [5.74, 6) is 3.66. The van der Waals surface area contributed by atoms with Gasteiger partial charge in [-0.2, -0.15) is 0 Å². The van der Waals surface area contributed by atoms with Gasteiger partial charge < -0.3 is 19.6 Å². The third-order valence-corrected chi connectivity index (χ3v) is 6.42. The molecule has 9 heteroatoms. The van der Waals surface area contributed by atoms with Gasteiger partial charge in [-0.25, -0.2) is 4.99 Å².